The van der Waals surface area contributed by atoms with E-state index in [0.717, 1.165) is 36.8 Å². The fraction of sp³-hybridized carbons (Fsp3) is 0.100. The summed E-state index contributed by atoms with van der Waals surface area (Å²) in [6.07, 6.45) is -1.60. The van der Waals surface area contributed by atoms with Crippen LogP contribution < -0.4 is 10.6 Å². The standard InChI is InChI=1S/C20H14ClF3N2O5S/c1-32(29,30)13-3-4-16(21)14(9-13)19(28)26-17-5-2-12(8-15(17)20(22,23)24)25-18(27)11-6-7-31-10-11/h2-10H,1H3,(H,25,27)(H,26,28). The van der Waals surface area contributed by atoms with E-state index < -0.39 is 39.1 Å². The molecular formula is C20H14ClF3N2O5S. The van der Waals surface area contributed by atoms with Gasteiger partial charge < -0.3 is 15.1 Å². The zero-order chi connectivity index (χ0) is 23.7. The van der Waals surface area contributed by atoms with Crippen molar-refractivity contribution in [1.82, 2.24) is 0 Å². The van der Waals surface area contributed by atoms with Crippen LogP contribution in [0.2, 0.25) is 5.02 Å². The first-order valence-corrected chi connectivity index (χ1v) is 11.0. The summed E-state index contributed by atoms with van der Waals surface area (Å²) in [4.78, 5) is 24.4. The Bertz CT molecular complexity index is 1290. The number of benzene rings is 2. The SMILES string of the molecule is CS(=O)(=O)c1ccc(Cl)c(C(=O)Nc2ccc(NC(=O)c3ccoc3)cc2C(F)(F)F)c1. The van der Waals surface area contributed by atoms with Crippen molar-refractivity contribution in [2.75, 3.05) is 16.9 Å². The van der Waals surface area contributed by atoms with E-state index in [1.165, 1.54) is 18.4 Å². The molecule has 0 saturated carbocycles. The Labute approximate surface area is 185 Å². The quantitative estimate of drug-likeness (QED) is 0.536. The Morgan fingerprint density at radius 3 is 2.31 bits per heavy atom. The summed E-state index contributed by atoms with van der Waals surface area (Å²) in [6.45, 7) is 0. The lowest BCUT2D eigenvalue weighted by Gasteiger charge is -2.16. The number of carbonyl (C=O) groups excluding carboxylic acids is 2. The van der Waals surface area contributed by atoms with Gasteiger partial charge >= 0.3 is 6.18 Å². The normalized spacial score (nSPS) is 11.8. The van der Waals surface area contributed by atoms with Gasteiger partial charge in [-0.05, 0) is 42.5 Å². The highest BCUT2D eigenvalue weighted by atomic mass is 35.5. The molecule has 2 N–H and O–H groups in total. The maximum Gasteiger partial charge on any atom is 0.418 e. The molecule has 0 unspecified atom stereocenters. The van der Waals surface area contributed by atoms with Crippen molar-refractivity contribution >= 4 is 44.6 Å². The number of sulfone groups is 1. The second-order valence-corrected chi connectivity index (χ2v) is 9.02. The van der Waals surface area contributed by atoms with Crippen molar-refractivity contribution in [3.63, 3.8) is 0 Å². The summed E-state index contributed by atoms with van der Waals surface area (Å²) in [5.41, 5.74) is -2.22. The molecule has 1 aromatic heterocycles. The zero-order valence-electron chi connectivity index (χ0n) is 16.2. The molecule has 2 amide bonds. The molecule has 2 aromatic carbocycles. The molecule has 0 saturated heterocycles. The Hall–Kier alpha value is -3.31. The van der Waals surface area contributed by atoms with Gasteiger partial charge in [-0.3, -0.25) is 9.59 Å². The summed E-state index contributed by atoms with van der Waals surface area (Å²) in [7, 11) is -3.68. The number of furan rings is 1. The Morgan fingerprint density at radius 2 is 1.72 bits per heavy atom. The topological polar surface area (TPSA) is 105 Å². The van der Waals surface area contributed by atoms with Gasteiger partial charge in [0.2, 0.25) is 0 Å². The third-order valence-electron chi connectivity index (χ3n) is 4.23. The molecule has 32 heavy (non-hydrogen) atoms. The highest BCUT2D eigenvalue weighted by Gasteiger charge is 2.34. The van der Waals surface area contributed by atoms with Gasteiger partial charge in [-0.15, -0.1) is 0 Å². The van der Waals surface area contributed by atoms with Gasteiger partial charge in [-0.1, -0.05) is 11.6 Å². The summed E-state index contributed by atoms with van der Waals surface area (Å²) in [5.74, 6) is -1.73. The highest BCUT2D eigenvalue weighted by Crippen LogP contribution is 2.37. The first-order valence-electron chi connectivity index (χ1n) is 8.72. The van der Waals surface area contributed by atoms with Crippen LogP contribution >= 0.6 is 11.6 Å². The fourth-order valence-electron chi connectivity index (χ4n) is 2.66. The number of nitrogens with one attached hydrogen (secondary N) is 2. The summed E-state index contributed by atoms with van der Waals surface area (Å²) >= 11 is 5.94. The highest BCUT2D eigenvalue weighted by molar-refractivity contribution is 7.90. The van der Waals surface area contributed by atoms with Crippen molar-refractivity contribution in [3.8, 4) is 0 Å². The van der Waals surface area contributed by atoms with Crippen molar-refractivity contribution in [3.05, 3.63) is 76.7 Å². The van der Waals surface area contributed by atoms with Crippen LogP contribution in [0, 0.1) is 0 Å². The van der Waals surface area contributed by atoms with Gasteiger partial charge in [0, 0.05) is 11.9 Å². The maximum atomic E-state index is 13.6. The number of alkyl halides is 3. The third kappa shape index (κ3) is 5.29. The summed E-state index contributed by atoms with van der Waals surface area (Å²) in [5, 5.41) is 4.25. The number of anilines is 2. The van der Waals surface area contributed by atoms with E-state index in [4.69, 9.17) is 16.0 Å². The van der Waals surface area contributed by atoms with E-state index >= 15 is 0 Å². The second-order valence-electron chi connectivity index (χ2n) is 6.59. The lowest BCUT2D eigenvalue weighted by Crippen LogP contribution is -2.18. The van der Waals surface area contributed by atoms with Gasteiger partial charge in [0.1, 0.15) is 6.26 Å². The van der Waals surface area contributed by atoms with Crippen molar-refractivity contribution in [1.29, 1.82) is 0 Å². The summed E-state index contributed by atoms with van der Waals surface area (Å²) in [6, 6.07) is 7.42. The summed E-state index contributed by atoms with van der Waals surface area (Å²) < 4.78 is 69.0. The van der Waals surface area contributed by atoms with Crippen LogP contribution in [0.25, 0.3) is 0 Å². The molecule has 3 rings (SSSR count). The van der Waals surface area contributed by atoms with E-state index in [1.807, 2.05) is 0 Å². The Morgan fingerprint density at radius 1 is 1.00 bits per heavy atom. The number of carbonyl (C=O) groups is 2. The molecule has 0 atom stereocenters. The largest absolute Gasteiger partial charge is 0.472 e. The Kier molecular flexibility index (Phi) is 6.33. The number of amides is 2. The maximum absolute atomic E-state index is 13.6. The van der Waals surface area contributed by atoms with Crippen LogP contribution in [0.3, 0.4) is 0 Å². The molecule has 168 valence electrons. The zero-order valence-corrected chi connectivity index (χ0v) is 17.7. The van der Waals surface area contributed by atoms with Crippen LogP contribution in [0.4, 0.5) is 24.5 Å². The van der Waals surface area contributed by atoms with Crippen molar-refractivity contribution in [2.45, 2.75) is 11.1 Å². The molecule has 0 aliphatic heterocycles. The molecule has 12 heteroatoms. The van der Waals surface area contributed by atoms with Crippen LogP contribution in [-0.4, -0.2) is 26.5 Å². The molecule has 0 bridgehead atoms. The van der Waals surface area contributed by atoms with E-state index in [9.17, 15) is 31.2 Å². The fourth-order valence-corrected chi connectivity index (χ4v) is 3.51. The van der Waals surface area contributed by atoms with Crippen LogP contribution in [0.1, 0.15) is 26.3 Å². The van der Waals surface area contributed by atoms with E-state index in [2.05, 4.69) is 10.6 Å². The minimum atomic E-state index is -4.88. The predicted molar refractivity (Wildman–Crippen MR) is 111 cm³/mol. The van der Waals surface area contributed by atoms with Crippen LogP contribution in [0.15, 0.2) is 64.3 Å². The van der Waals surface area contributed by atoms with Crippen molar-refractivity contribution < 1.29 is 35.6 Å². The first kappa shape index (κ1) is 23.4. The van der Waals surface area contributed by atoms with Crippen LogP contribution in [-0.2, 0) is 16.0 Å². The van der Waals surface area contributed by atoms with E-state index in [1.54, 1.807) is 0 Å². The minimum absolute atomic E-state index is 0.108. The average molecular weight is 487 g/mol. The first-order chi connectivity index (χ1) is 14.9. The molecule has 1 heterocycles. The monoisotopic (exact) mass is 486 g/mol. The number of hydrogen-bond donors (Lipinski definition) is 2. The van der Waals surface area contributed by atoms with Gasteiger partial charge in [0.15, 0.2) is 9.84 Å². The van der Waals surface area contributed by atoms with Gasteiger partial charge in [-0.2, -0.15) is 13.2 Å². The van der Waals surface area contributed by atoms with Gasteiger partial charge in [0.25, 0.3) is 11.8 Å². The average Bonchev–Trinajstić information content (AvgIpc) is 3.22. The van der Waals surface area contributed by atoms with Crippen molar-refractivity contribution in [2.24, 2.45) is 0 Å². The lowest BCUT2D eigenvalue weighted by molar-refractivity contribution is -0.136. The number of hydrogen-bond acceptors (Lipinski definition) is 5. The molecule has 7 nitrogen and oxygen atoms in total. The Balaban J connectivity index is 1.92. The third-order valence-corrected chi connectivity index (χ3v) is 5.66. The molecule has 3 aromatic rings. The number of rotatable bonds is 5. The van der Waals surface area contributed by atoms with Gasteiger partial charge in [-0.25, -0.2) is 8.42 Å². The van der Waals surface area contributed by atoms with E-state index in [0.29, 0.717) is 6.07 Å². The molecule has 0 spiro atoms. The predicted octanol–water partition coefficient (Wildman–Crippen LogP) is 4.86. The van der Waals surface area contributed by atoms with Gasteiger partial charge in [0.05, 0.1) is 38.6 Å². The molecule has 0 fully saturated rings. The number of halogens is 4. The second kappa shape index (κ2) is 8.67. The van der Waals surface area contributed by atoms with Crippen LogP contribution in [0.5, 0.6) is 0 Å². The molecule has 0 aliphatic rings. The minimum Gasteiger partial charge on any atom is -0.472 e. The molecule has 0 aliphatic carbocycles. The van der Waals surface area contributed by atoms with E-state index in [-0.39, 0.29) is 26.7 Å². The molecule has 0 radical (unpaired) electrons. The smallest absolute Gasteiger partial charge is 0.418 e. The lowest BCUT2D eigenvalue weighted by atomic mass is 10.1. The molecular weight excluding hydrogens is 473 g/mol.